The van der Waals surface area contributed by atoms with Gasteiger partial charge in [-0.05, 0) is 29.0 Å². The average molecular weight is 299 g/mol. The molecule has 1 aromatic carbocycles. The van der Waals surface area contributed by atoms with E-state index in [1.54, 1.807) is 6.20 Å². The molecule has 0 saturated carbocycles. The van der Waals surface area contributed by atoms with Crippen LogP contribution in [0.25, 0.3) is 0 Å². The van der Waals surface area contributed by atoms with Gasteiger partial charge in [-0.25, -0.2) is 0 Å². The molecular weight excluding hydrogens is 274 g/mol. The van der Waals surface area contributed by atoms with Crippen molar-refractivity contribution < 1.29 is 4.79 Å². The number of carbonyl (C=O) groups is 1. The molecule has 0 spiro atoms. The lowest BCUT2D eigenvalue weighted by Gasteiger charge is -2.19. The number of rotatable bonds is 6. The minimum Gasteiger partial charge on any atom is -0.354 e. The van der Waals surface area contributed by atoms with E-state index >= 15 is 0 Å². The molecule has 0 saturated heterocycles. The van der Waals surface area contributed by atoms with Crippen LogP contribution in [0, 0.1) is 0 Å². The van der Waals surface area contributed by atoms with Crippen LogP contribution in [0.1, 0.15) is 38.3 Å². The number of benzene rings is 1. The monoisotopic (exact) mass is 299 g/mol. The number of nitrogens with zero attached hydrogens (tertiary/aromatic N) is 2. The molecule has 0 aliphatic rings. The Kier molecular flexibility index (Phi) is 5.36. The van der Waals surface area contributed by atoms with E-state index in [1.807, 2.05) is 16.9 Å². The van der Waals surface area contributed by atoms with Crippen molar-refractivity contribution in [3.8, 4) is 0 Å². The number of hydrogen-bond acceptors (Lipinski definition) is 2. The smallest absolute Gasteiger partial charge is 0.220 e. The average Bonchev–Trinajstić information content (AvgIpc) is 2.98. The van der Waals surface area contributed by atoms with E-state index < -0.39 is 0 Å². The van der Waals surface area contributed by atoms with Crippen molar-refractivity contribution in [2.75, 3.05) is 6.54 Å². The lowest BCUT2D eigenvalue weighted by molar-refractivity contribution is -0.121. The third-order valence-corrected chi connectivity index (χ3v) is 3.68. The van der Waals surface area contributed by atoms with Gasteiger partial charge in [0.25, 0.3) is 0 Å². The van der Waals surface area contributed by atoms with Crippen LogP contribution in [-0.2, 0) is 23.2 Å². The molecule has 1 aromatic heterocycles. The zero-order chi connectivity index (χ0) is 16.0. The highest BCUT2D eigenvalue weighted by Crippen LogP contribution is 2.22. The molecule has 0 fully saturated rings. The molecule has 1 amide bonds. The molecule has 1 heterocycles. The van der Waals surface area contributed by atoms with Crippen LogP contribution in [0.15, 0.2) is 42.7 Å². The Morgan fingerprint density at radius 2 is 1.95 bits per heavy atom. The zero-order valence-corrected chi connectivity index (χ0v) is 13.7. The number of amides is 1. The highest BCUT2D eigenvalue weighted by Gasteiger charge is 2.12. The summed E-state index contributed by atoms with van der Waals surface area (Å²) in [5, 5.41) is 7.03. The highest BCUT2D eigenvalue weighted by atomic mass is 16.1. The number of aromatic nitrogens is 2. The van der Waals surface area contributed by atoms with Gasteiger partial charge in [0.15, 0.2) is 0 Å². The summed E-state index contributed by atoms with van der Waals surface area (Å²) in [7, 11) is 0. The number of aryl methyl sites for hydroxylation is 1. The third kappa shape index (κ3) is 5.02. The molecule has 0 bridgehead atoms. The van der Waals surface area contributed by atoms with Crippen LogP contribution in [0.4, 0.5) is 0 Å². The molecule has 2 aromatic rings. The first kappa shape index (κ1) is 16.3. The number of hydrogen-bond donors (Lipinski definition) is 1. The number of carbonyl (C=O) groups excluding carboxylic acids is 1. The van der Waals surface area contributed by atoms with Crippen LogP contribution < -0.4 is 5.32 Å². The van der Waals surface area contributed by atoms with E-state index in [-0.39, 0.29) is 11.3 Å². The van der Waals surface area contributed by atoms with Gasteiger partial charge in [0.05, 0.1) is 6.54 Å². The minimum atomic E-state index is 0.0899. The van der Waals surface area contributed by atoms with Crippen molar-refractivity contribution in [2.24, 2.45) is 0 Å². The second kappa shape index (κ2) is 7.25. The highest BCUT2D eigenvalue weighted by molar-refractivity contribution is 5.76. The van der Waals surface area contributed by atoms with Gasteiger partial charge < -0.3 is 5.32 Å². The maximum atomic E-state index is 11.8. The molecule has 2 rings (SSSR count). The largest absolute Gasteiger partial charge is 0.354 e. The lowest BCUT2D eigenvalue weighted by Crippen LogP contribution is -2.27. The predicted octanol–water partition coefficient (Wildman–Crippen LogP) is 2.93. The molecule has 4 nitrogen and oxygen atoms in total. The molecule has 0 atom stereocenters. The second-order valence-electron chi connectivity index (χ2n) is 6.57. The lowest BCUT2D eigenvalue weighted by atomic mass is 9.86. The van der Waals surface area contributed by atoms with Crippen molar-refractivity contribution >= 4 is 5.91 Å². The van der Waals surface area contributed by atoms with E-state index in [9.17, 15) is 4.79 Å². The fourth-order valence-corrected chi connectivity index (χ4v) is 2.26. The Morgan fingerprint density at radius 3 is 2.55 bits per heavy atom. The SMILES string of the molecule is CC(C)(C)c1ccc(CCC(=O)NCCn2cccn2)cc1. The van der Waals surface area contributed by atoms with Crippen molar-refractivity contribution in [3.05, 3.63) is 53.9 Å². The van der Waals surface area contributed by atoms with Gasteiger partial charge in [0.2, 0.25) is 5.91 Å². The Hall–Kier alpha value is -2.10. The van der Waals surface area contributed by atoms with Crippen molar-refractivity contribution in [2.45, 2.75) is 45.6 Å². The molecule has 118 valence electrons. The van der Waals surface area contributed by atoms with E-state index in [4.69, 9.17) is 0 Å². The summed E-state index contributed by atoms with van der Waals surface area (Å²) in [4.78, 5) is 11.8. The van der Waals surface area contributed by atoms with Gasteiger partial charge in [0, 0.05) is 25.4 Å². The van der Waals surface area contributed by atoms with E-state index in [2.05, 4.69) is 55.5 Å². The molecular formula is C18H25N3O. The van der Waals surface area contributed by atoms with E-state index in [1.165, 1.54) is 11.1 Å². The fraction of sp³-hybridized carbons (Fsp3) is 0.444. The van der Waals surface area contributed by atoms with Gasteiger partial charge in [-0.1, -0.05) is 45.0 Å². The van der Waals surface area contributed by atoms with Gasteiger partial charge in [-0.2, -0.15) is 5.10 Å². The third-order valence-electron chi connectivity index (χ3n) is 3.68. The Balaban J connectivity index is 1.71. The van der Waals surface area contributed by atoms with Gasteiger partial charge in [0.1, 0.15) is 0 Å². The van der Waals surface area contributed by atoms with Crippen molar-refractivity contribution in [1.82, 2.24) is 15.1 Å². The number of nitrogens with one attached hydrogen (secondary N) is 1. The summed E-state index contributed by atoms with van der Waals surface area (Å²) in [6.07, 6.45) is 4.93. The topological polar surface area (TPSA) is 46.9 Å². The van der Waals surface area contributed by atoms with Gasteiger partial charge in [-0.3, -0.25) is 9.48 Å². The summed E-state index contributed by atoms with van der Waals surface area (Å²) in [6.45, 7) is 7.93. The van der Waals surface area contributed by atoms with Crippen LogP contribution in [0.3, 0.4) is 0 Å². The summed E-state index contributed by atoms with van der Waals surface area (Å²) in [5.41, 5.74) is 2.69. The quantitative estimate of drug-likeness (QED) is 0.891. The van der Waals surface area contributed by atoms with E-state index in [0.717, 1.165) is 6.42 Å². The van der Waals surface area contributed by atoms with Gasteiger partial charge in [-0.15, -0.1) is 0 Å². The van der Waals surface area contributed by atoms with Crippen LogP contribution in [0.5, 0.6) is 0 Å². The van der Waals surface area contributed by atoms with Crippen molar-refractivity contribution in [1.29, 1.82) is 0 Å². The van der Waals surface area contributed by atoms with Crippen LogP contribution in [-0.4, -0.2) is 22.2 Å². The van der Waals surface area contributed by atoms with Crippen molar-refractivity contribution in [3.63, 3.8) is 0 Å². The predicted molar refractivity (Wildman–Crippen MR) is 88.7 cm³/mol. The summed E-state index contributed by atoms with van der Waals surface area (Å²) < 4.78 is 1.81. The maximum absolute atomic E-state index is 11.8. The molecule has 0 aliphatic carbocycles. The summed E-state index contributed by atoms with van der Waals surface area (Å²) in [5.74, 6) is 0.0899. The first-order chi connectivity index (χ1) is 10.4. The van der Waals surface area contributed by atoms with Crippen LogP contribution >= 0.6 is 0 Å². The zero-order valence-electron chi connectivity index (χ0n) is 13.7. The Labute approximate surface area is 132 Å². The van der Waals surface area contributed by atoms with E-state index in [0.29, 0.717) is 19.5 Å². The summed E-state index contributed by atoms with van der Waals surface area (Å²) >= 11 is 0. The normalized spacial score (nSPS) is 11.4. The van der Waals surface area contributed by atoms with Crippen LogP contribution in [0.2, 0.25) is 0 Å². The molecule has 4 heteroatoms. The van der Waals surface area contributed by atoms with Gasteiger partial charge >= 0.3 is 0 Å². The molecule has 0 radical (unpaired) electrons. The maximum Gasteiger partial charge on any atom is 0.220 e. The first-order valence-corrected chi connectivity index (χ1v) is 7.79. The minimum absolute atomic E-state index is 0.0899. The molecule has 22 heavy (non-hydrogen) atoms. The standard InChI is InChI=1S/C18H25N3O/c1-18(2,3)16-8-5-15(6-9-16)7-10-17(22)19-12-14-21-13-4-11-20-21/h4-6,8-9,11,13H,7,10,12,14H2,1-3H3,(H,19,22). The molecule has 0 unspecified atom stereocenters. The fourth-order valence-electron chi connectivity index (χ4n) is 2.26. The first-order valence-electron chi connectivity index (χ1n) is 7.79. The Bertz CT molecular complexity index is 580. The molecule has 0 aliphatic heterocycles. The Morgan fingerprint density at radius 1 is 1.23 bits per heavy atom. The molecule has 1 N–H and O–H groups in total. The summed E-state index contributed by atoms with van der Waals surface area (Å²) in [6, 6.07) is 10.4. The second-order valence-corrected chi connectivity index (χ2v) is 6.57.